The molecule has 1 amide bonds. The molecular formula is C67H121NO10. The molecule has 0 spiro atoms. The lowest BCUT2D eigenvalue weighted by Gasteiger charge is -2.41. The number of amides is 1. The van der Waals surface area contributed by atoms with E-state index < -0.39 is 67.4 Å². The predicted octanol–water partition coefficient (Wildman–Crippen LogP) is 15.8. The first-order valence-corrected chi connectivity index (χ1v) is 32.6. The highest BCUT2D eigenvalue weighted by atomic mass is 16.7. The van der Waals surface area contributed by atoms with Crippen molar-refractivity contribution in [3.63, 3.8) is 0 Å². The van der Waals surface area contributed by atoms with Crippen molar-refractivity contribution in [2.24, 2.45) is 0 Å². The smallest absolute Gasteiger partial charge is 0.306 e. The monoisotopic (exact) mass is 1100 g/mol. The van der Waals surface area contributed by atoms with Crippen molar-refractivity contribution >= 4 is 11.9 Å². The summed E-state index contributed by atoms with van der Waals surface area (Å²) in [5, 5.41) is 57.0. The molecule has 11 heteroatoms. The number of aliphatic hydroxyl groups is 5. The zero-order valence-electron chi connectivity index (χ0n) is 50.3. The van der Waals surface area contributed by atoms with Crippen molar-refractivity contribution in [2.45, 2.75) is 339 Å². The topological polar surface area (TPSA) is 175 Å². The number of nitrogens with one attached hydrogen (secondary N) is 1. The molecule has 1 fully saturated rings. The summed E-state index contributed by atoms with van der Waals surface area (Å²) in [6, 6.07) is -1.03. The number of carbonyl (C=O) groups excluding carboxylic acids is 2. The Morgan fingerprint density at radius 2 is 0.936 bits per heavy atom. The summed E-state index contributed by atoms with van der Waals surface area (Å²) >= 11 is 0. The lowest BCUT2D eigenvalue weighted by Crippen LogP contribution is -2.61. The third-order valence-corrected chi connectivity index (χ3v) is 15.2. The fourth-order valence-electron chi connectivity index (χ4n) is 10.1. The zero-order valence-corrected chi connectivity index (χ0v) is 50.3. The van der Waals surface area contributed by atoms with Gasteiger partial charge < -0.3 is 45.1 Å². The van der Waals surface area contributed by atoms with Crippen molar-refractivity contribution in [1.82, 2.24) is 5.32 Å². The van der Waals surface area contributed by atoms with E-state index in [-0.39, 0.29) is 13.0 Å². The third-order valence-electron chi connectivity index (χ3n) is 15.2. The van der Waals surface area contributed by atoms with Crippen LogP contribution >= 0.6 is 0 Å². The lowest BCUT2D eigenvalue weighted by molar-refractivity contribution is -0.305. The van der Waals surface area contributed by atoms with Crippen molar-refractivity contribution in [3.8, 4) is 0 Å². The first-order chi connectivity index (χ1) is 38.2. The van der Waals surface area contributed by atoms with Gasteiger partial charge >= 0.3 is 5.97 Å². The van der Waals surface area contributed by atoms with Crippen molar-refractivity contribution in [3.05, 3.63) is 60.8 Å². The fraction of sp³-hybridized carbons (Fsp3) is 0.821. The van der Waals surface area contributed by atoms with E-state index in [4.69, 9.17) is 14.2 Å². The Bertz CT molecular complexity index is 1500. The van der Waals surface area contributed by atoms with Crippen LogP contribution in [0.3, 0.4) is 0 Å². The van der Waals surface area contributed by atoms with E-state index in [1.165, 1.54) is 167 Å². The summed E-state index contributed by atoms with van der Waals surface area (Å²) in [6.45, 7) is 5.65. The summed E-state index contributed by atoms with van der Waals surface area (Å²) in [5.74, 6) is -1.21. The summed E-state index contributed by atoms with van der Waals surface area (Å²) in [7, 11) is 0. The van der Waals surface area contributed by atoms with Crippen LogP contribution in [0.2, 0.25) is 0 Å². The molecule has 1 aliphatic heterocycles. The zero-order chi connectivity index (χ0) is 56.8. The maximum atomic E-state index is 13.4. The van der Waals surface area contributed by atoms with Gasteiger partial charge in [-0.25, -0.2) is 0 Å². The quantitative estimate of drug-likeness (QED) is 0.0149. The number of hydrogen-bond donors (Lipinski definition) is 6. The van der Waals surface area contributed by atoms with Gasteiger partial charge in [0.2, 0.25) is 5.91 Å². The van der Waals surface area contributed by atoms with E-state index in [1.54, 1.807) is 6.08 Å². The minimum atomic E-state index is -1.62. The molecule has 1 rings (SSSR count). The molecule has 0 aromatic carbocycles. The van der Waals surface area contributed by atoms with Gasteiger partial charge in [-0.15, -0.1) is 0 Å². The van der Waals surface area contributed by atoms with Gasteiger partial charge in [0, 0.05) is 6.42 Å². The average molecular weight is 1100 g/mol. The average Bonchev–Trinajstić information content (AvgIpc) is 3.44. The molecule has 1 heterocycles. The Kier molecular flexibility index (Phi) is 51.7. The number of hydrogen-bond acceptors (Lipinski definition) is 10. The van der Waals surface area contributed by atoms with E-state index in [9.17, 15) is 35.1 Å². The first-order valence-electron chi connectivity index (χ1n) is 32.6. The van der Waals surface area contributed by atoms with Gasteiger partial charge in [-0.3, -0.25) is 9.59 Å². The molecule has 0 aromatic heterocycles. The summed E-state index contributed by atoms with van der Waals surface area (Å²) in [4.78, 5) is 26.5. The molecule has 1 aliphatic rings. The normalized spacial score (nSPS) is 19.3. The summed E-state index contributed by atoms with van der Waals surface area (Å²) in [5.41, 5.74) is 0. The van der Waals surface area contributed by atoms with Crippen LogP contribution in [0.1, 0.15) is 290 Å². The SMILES string of the molecule is CC/C=C/C=C/C=C\CCCCCCCC(=O)OC1C(OCC(NC(=O)C(O)CCCCCCCCCCCCCCCC/C=C/CCCCCCCC)C(O)/C=C/CCCCCCCCCCCC)OC(CO)C(O)C1O. The minimum absolute atomic E-state index is 0.100. The molecule has 78 heavy (non-hydrogen) atoms. The van der Waals surface area contributed by atoms with Crippen LogP contribution in [0.5, 0.6) is 0 Å². The Hall–Kier alpha value is -2.64. The number of unbranched alkanes of at least 4 members (excludes halogenated alkanes) is 35. The van der Waals surface area contributed by atoms with Crippen LogP contribution in [0.25, 0.3) is 0 Å². The van der Waals surface area contributed by atoms with Crippen LogP contribution in [0.4, 0.5) is 0 Å². The van der Waals surface area contributed by atoms with Gasteiger partial charge in [-0.05, 0) is 70.6 Å². The molecule has 0 aliphatic carbocycles. The molecular weight excluding hydrogens is 979 g/mol. The Morgan fingerprint density at radius 3 is 1.41 bits per heavy atom. The van der Waals surface area contributed by atoms with Gasteiger partial charge in [0.05, 0.1) is 25.4 Å². The molecule has 1 saturated heterocycles. The second-order valence-corrected chi connectivity index (χ2v) is 22.5. The van der Waals surface area contributed by atoms with Gasteiger partial charge in [0.15, 0.2) is 12.4 Å². The number of rotatable bonds is 55. The van der Waals surface area contributed by atoms with E-state index in [0.29, 0.717) is 19.3 Å². The number of aliphatic hydroxyl groups excluding tert-OH is 5. The Balaban J connectivity index is 2.60. The molecule has 8 unspecified atom stereocenters. The minimum Gasteiger partial charge on any atom is -0.454 e. The molecule has 6 N–H and O–H groups in total. The van der Waals surface area contributed by atoms with E-state index in [1.807, 2.05) is 24.3 Å². The maximum Gasteiger partial charge on any atom is 0.306 e. The van der Waals surface area contributed by atoms with Crippen molar-refractivity contribution in [1.29, 1.82) is 0 Å². The van der Waals surface area contributed by atoms with E-state index in [2.05, 4.69) is 56.5 Å². The van der Waals surface area contributed by atoms with Crippen molar-refractivity contribution < 1.29 is 49.3 Å². The number of carbonyl (C=O) groups is 2. The largest absolute Gasteiger partial charge is 0.454 e. The Labute approximate surface area is 478 Å². The third kappa shape index (κ3) is 42.2. The van der Waals surface area contributed by atoms with E-state index >= 15 is 0 Å². The first kappa shape index (κ1) is 73.4. The van der Waals surface area contributed by atoms with Crippen molar-refractivity contribution in [2.75, 3.05) is 13.2 Å². The molecule has 0 saturated carbocycles. The summed E-state index contributed by atoms with van der Waals surface area (Å²) < 4.78 is 17.6. The van der Waals surface area contributed by atoms with E-state index in [0.717, 1.165) is 77.0 Å². The number of allylic oxidation sites excluding steroid dienone is 9. The highest BCUT2D eigenvalue weighted by molar-refractivity contribution is 5.80. The summed E-state index contributed by atoms with van der Waals surface area (Å²) in [6.07, 6.45) is 58.5. The second kappa shape index (κ2) is 54.9. The molecule has 0 aromatic rings. The molecule has 454 valence electrons. The molecule has 11 nitrogen and oxygen atoms in total. The molecule has 8 atom stereocenters. The highest BCUT2D eigenvalue weighted by Crippen LogP contribution is 2.26. The second-order valence-electron chi connectivity index (χ2n) is 22.5. The van der Waals surface area contributed by atoms with Crippen LogP contribution in [0, 0.1) is 0 Å². The maximum absolute atomic E-state index is 13.4. The van der Waals surface area contributed by atoms with Gasteiger partial charge in [0.25, 0.3) is 0 Å². The van der Waals surface area contributed by atoms with Crippen LogP contribution in [-0.2, 0) is 23.8 Å². The fourth-order valence-corrected chi connectivity index (χ4v) is 10.1. The van der Waals surface area contributed by atoms with Crippen LogP contribution < -0.4 is 5.32 Å². The number of ether oxygens (including phenoxy) is 3. The molecule has 0 bridgehead atoms. The van der Waals surface area contributed by atoms with Gasteiger partial charge in [-0.1, -0.05) is 274 Å². The predicted molar refractivity (Wildman–Crippen MR) is 324 cm³/mol. The van der Waals surface area contributed by atoms with Crippen LogP contribution in [0.15, 0.2) is 60.8 Å². The Morgan fingerprint density at radius 1 is 0.513 bits per heavy atom. The standard InChI is InChI=1S/C67H121NO10/c1-4-7-10-13-16-19-22-25-26-27-28-29-30-31-32-33-34-35-37-39-42-45-48-51-54-60(71)66(75)68-58(59(70)53-50-47-44-41-38-24-21-18-15-12-9-6-3)57-76-67-65(64(74)63(73)61(56-69)77-67)78-62(72)55-52-49-46-43-40-36-23-20-17-14-11-8-5-2/h8,11,14,17,20,23,25-26,50,53,58-61,63-65,67,69-71,73-74H,4-7,9-10,12-13,15-16,18-19,21-22,24,27-49,51-52,54-57H2,1-3H3,(H,68,75)/b11-8+,17-14+,23-20-,26-25+,53-50+. The van der Waals surface area contributed by atoms with Gasteiger partial charge in [-0.2, -0.15) is 0 Å². The highest BCUT2D eigenvalue weighted by Gasteiger charge is 2.47. The van der Waals surface area contributed by atoms with Gasteiger partial charge in [0.1, 0.15) is 24.4 Å². The van der Waals surface area contributed by atoms with Crippen LogP contribution in [-0.4, -0.2) is 99.6 Å². The lowest BCUT2D eigenvalue weighted by atomic mass is 9.99. The molecule has 0 radical (unpaired) electrons. The number of esters is 1.